The van der Waals surface area contributed by atoms with E-state index >= 15 is 0 Å². The summed E-state index contributed by atoms with van der Waals surface area (Å²) in [6, 6.07) is 20.1. The molecule has 6 nitrogen and oxygen atoms in total. The third-order valence-electron chi connectivity index (χ3n) is 5.13. The van der Waals surface area contributed by atoms with Crippen molar-refractivity contribution < 1.29 is 23.5 Å². The average Bonchev–Trinajstić information content (AvgIpc) is 3.11. The van der Waals surface area contributed by atoms with Crippen LogP contribution in [0.25, 0.3) is 6.08 Å². The molecule has 170 valence electrons. The summed E-state index contributed by atoms with van der Waals surface area (Å²) in [6.07, 6.45) is 1.62. The molecular formula is C26H19FN2O4S. The number of carbonyl (C=O) groups excluding carboxylic acids is 2. The predicted molar refractivity (Wildman–Crippen MR) is 126 cm³/mol. The average molecular weight is 475 g/mol. The second-order valence-corrected chi connectivity index (χ2v) is 8.36. The monoisotopic (exact) mass is 474 g/mol. The molecule has 34 heavy (non-hydrogen) atoms. The molecule has 0 radical (unpaired) electrons. The van der Waals surface area contributed by atoms with Crippen molar-refractivity contribution in [3.05, 3.63) is 99.7 Å². The second kappa shape index (κ2) is 10.2. The molecule has 1 saturated heterocycles. The summed E-state index contributed by atoms with van der Waals surface area (Å²) in [5.41, 5.74) is 2.50. The van der Waals surface area contributed by atoms with Crippen LogP contribution >= 0.6 is 11.8 Å². The van der Waals surface area contributed by atoms with Gasteiger partial charge in [-0.3, -0.25) is 14.5 Å². The zero-order valence-corrected chi connectivity index (χ0v) is 19.0. The molecule has 0 aliphatic carbocycles. The van der Waals surface area contributed by atoms with E-state index in [-0.39, 0.29) is 23.9 Å². The molecule has 1 aliphatic heterocycles. The molecule has 1 fully saturated rings. The lowest BCUT2D eigenvalue weighted by atomic mass is 10.1. The maximum absolute atomic E-state index is 13.1. The van der Waals surface area contributed by atoms with E-state index in [0.29, 0.717) is 28.2 Å². The SMILES string of the molecule is COc1cc(/C=C2\SC(=O)N(Cc3ccccc3C#N)C2=O)ccc1OCc1ccc(F)cc1. The van der Waals surface area contributed by atoms with Gasteiger partial charge in [0.25, 0.3) is 11.1 Å². The Morgan fingerprint density at radius 1 is 1.06 bits per heavy atom. The van der Waals surface area contributed by atoms with Crippen LogP contribution in [0.15, 0.2) is 71.6 Å². The van der Waals surface area contributed by atoms with Crippen LogP contribution in [0.3, 0.4) is 0 Å². The standard InChI is InChI=1S/C26H19FN2O4S/c1-32-23-12-18(8-11-22(23)33-16-17-6-9-21(27)10-7-17)13-24-25(30)29(26(31)34-24)15-20-5-3-2-4-19(20)14-28/h2-13H,15-16H2,1H3/b24-13-. The van der Waals surface area contributed by atoms with Gasteiger partial charge in [0.15, 0.2) is 11.5 Å². The molecular weight excluding hydrogens is 455 g/mol. The van der Waals surface area contributed by atoms with E-state index in [1.807, 2.05) is 0 Å². The van der Waals surface area contributed by atoms with Gasteiger partial charge in [0.1, 0.15) is 12.4 Å². The predicted octanol–water partition coefficient (Wildman–Crippen LogP) is 5.52. The van der Waals surface area contributed by atoms with E-state index in [0.717, 1.165) is 22.2 Å². The Morgan fingerprint density at radius 3 is 2.56 bits per heavy atom. The molecule has 4 rings (SSSR count). The Morgan fingerprint density at radius 2 is 1.82 bits per heavy atom. The molecule has 2 amide bonds. The summed E-state index contributed by atoms with van der Waals surface area (Å²) in [5.74, 6) is 0.214. The largest absolute Gasteiger partial charge is 0.493 e. The van der Waals surface area contributed by atoms with Crippen molar-refractivity contribution >= 4 is 29.0 Å². The molecule has 8 heteroatoms. The zero-order valence-electron chi connectivity index (χ0n) is 18.2. The van der Waals surface area contributed by atoms with Crippen LogP contribution in [0.4, 0.5) is 9.18 Å². The van der Waals surface area contributed by atoms with Gasteiger partial charge >= 0.3 is 0 Å². The van der Waals surface area contributed by atoms with Gasteiger partial charge < -0.3 is 9.47 Å². The number of nitrogens with zero attached hydrogens (tertiary/aromatic N) is 2. The van der Waals surface area contributed by atoms with E-state index in [1.165, 1.54) is 19.2 Å². The van der Waals surface area contributed by atoms with Gasteiger partial charge in [-0.25, -0.2) is 4.39 Å². The lowest BCUT2D eigenvalue weighted by Gasteiger charge is -2.13. The number of benzene rings is 3. The molecule has 0 aromatic heterocycles. The molecule has 0 spiro atoms. The van der Waals surface area contributed by atoms with E-state index in [1.54, 1.807) is 60.7 Å². The summed E-state index contributed by atoms with van der Waals surface area (Å²) in [7, 11) is 1.50. The van der Waals surface area contributed by atoms with Crippen molar-refractivity contribution in [3.63, 3.8) is 0 Å². The minimum atomic E-state index is -0.418. The summed E-state index contributed by atoms with van der Waals surface area (Å²) in [4.78, 5) is 26.8. The molecule has 3 aromatic carbocycles. The van der Waals surface area contributed by atoms with E-state index in [9.17, 15) is 19.2 Å². The molecule has 3 aromatic rings. The first-order valence-electron chi connectivity index (χ1n) is 10.3. The van der Waals surface area contributed by atoms with E-state index in [2.05, 4.69) is 6.07 Å². The highest BCUT2D eigenvalue weighted by Gasteiger charge is 2.35. The molecule has 0 saturated carbocycles. The first-order valence-corrected chi connectivity index (χ1v) is 11.1. The maximum atomic E-state index is 13.1. The highest BCUT2D eigenvalue weighted by atomic mass is 32.2. The Balaban J connectivity index is 1.49. The number of hydrogen-bond donors (Lipinski definition) is 0. The number of methoxy groups -OCH3 is 1. The van der Waals surface area contributed by atoms with Gasteiger partial charge in [0, 0.05) is 0 Å². The van der Waals surface area contributed by atoms with Gasteiger partial charge in [-0.2, -0.15) is 5.26 Å². The van der Waals surface area contributed by atoms with Crippen LogP contribution in [-0.4, -0.2) is 23.2 Å². The van der Waals surface area contributed by atoms with Gasteiger partial charge in [0.2, 0.25) is 0 Å². The maximum Gasteiger partial charge on any atom is 0.293 e. The number of rotatable bonds is 7. The van der Waals surface area contributed by atoms with Crippen LogP contribution in [0.1, 0.15) is 22.3 Å². The third-order valence-corrected chi connectivity index (χ3v) is 6.04. The number of halogens is 1. The van der Waals surface area contributed by atoms with Gasteiger partial charge in [-0.05, 0) is 64.9 Å². The number of thioether (sulfide) groups is 1. The number of amides is 2. The fourth-order valence-electron chi connectivity index (χ4n) is 3.36. The number of nitriles is 1. The van der Waals surface area contributed by atoms with Crippen LogP contribution in [0.5, 0.6) is 11.5 Å². The smallest absolute Gasteiger partial charge is 0.293 e. The fraction of sp³-hybridized carbons (Fsp3) is 0.115. The normalized spacial score (nSPS) is 14.4. The number of carbonyl (C=O) groups is 2. The molecule has 0 bridgehead atoms. The first kappa shape index (κ1) is 23.1. The van der Waals surface area contributed by atoms with Crippen molar-refractivity contribution in [2.24, 2.45) is 0 Å². The van der Waals surface area contributed by atoms with Gasteiger partial charge in [0.05, 0.1) is 30.2 Å². The minimum absolute atomic E-state index is 0.0330. The lowest BCUT2D eigenvalue weighted by Crippen LogP contribution is -2.27. The quantitative estimate of drug-likeness (QED) is 0.420. The lowest BCUT2D eigenvalue weighted by molar-refractivity contribution is -0.123. The third kappa shape index (κ3) is 5.11. The molecule has 0 N–H and O–H groups in total. The van der Waals surface area contributed by atoms with Crippen molar-refractivity contribution in [2.75, 3.05) is 7.11 Å². The Hall–Kier alpha value is -4.09. The second-order valence-electron chi connectivity index (χ2n) is 7.36. The summed E-state index contributed by atoms with van der Waals surface area (Å²) in [6.45, 7) is 0.268. The summed E-state index contributed by atoms with van der Waals surface area (Å²) >= 11 is 0.849. The zero-order chi connectivity index (χ0) is 24.1. The Bertz CT molecular complexity index is 1320. The number of hydrogen-bond acceptors (Lipinski definition) is 6. The van der Waals surface area contributed by atoms with Crippen molar-refractivity contribution in [1.82, 2.24) is 4.90 Å². The molecule has 1 heterocycles. The summed E-state index contributed by atoms with van der Waals surface area (Å²) in [5, 5.41) is 8.87. The van der Waals surface area contributed by atoms with Crippen LogP contribution in [-0.2, 0) is 17.9 Å². The topological polar surface area (TPSA) is 79.6 Å². The Kier molecular flexibility index (Phi) is 6.95. The van der Waals surface area contributed by atoms with Crippen molar-refractivity contribution in [1.29, 1.82) is 5.26 Å². The molecule has 0 unspecified atom stereocenters. The van der Waals surface area contributed by atoms with Gasteiger partial charge in [-0.15, -0.1) is 0 Å². The van der Waals surface area contributed by atoms with Crippen LogP contribution < -0.4 is 9.47 Å². The number of imide groups is 1. The van der Waals surface area contributed by atoms with Crippen LogP contribution in [0.2, 0.25) is 0 Å². The molecule has 0 atom stereocenters. The first-order chi connectivity index (χ1) is 16.5. The van der Waals surface area contributed by atoms with Crippen LogP contribution in [0, 0.1) is 17.1 Å². The summed E-state index contributed by atoms with van der Waals surface area (Å²) < 4.78 is 24.3. The highest BCUT2D eigenvalue weighted by molar-refractivity contribution is 8.18. The molecule has 1 aliphatic rings. The van der Waals surface area contributed by atoms with Crippen molar-refractivity contribution in [3.8, 4) is 17.6 Å². The number of ether oxygens (including phenoxy) is 2. The minimum Gasteiger partial charge on any atom is -0.493 e. The fourth-order valence-corrected chi connectivity index (χ4v) is 4.20. The van der Waals surface area contributed by atoms with Gasteiger partial charge in [-0.1, -0.05) is 36.4 Å². The van der Waals surface area contributed by atoms with E-state index < -0.39 is 11.1 Å². The highest BCUT2D eigenvalue weighted by Crippen LogP contribution is 2.35. The van der Waals surface area contributed by atoms with Crippen molar-refractivity contribution in [2.45, 2.75) is 13.2 Å². The van der Waals surface area contributed by atoms with E-state index in [4.69, 9.17) is 9.47 Å². The Labute approximate surface area is 200 Å².